The number of hydrogen-bond acceptors (Lipinski definition) is 2. The van der Waals surface area contributed by atoms with E-state index in [0.717, 1.165) is 15.7 Å². The van der Waals surface area contributed by atoms with E-state index < -0.39 is 0 Å². The monoisotopic (exact) mass is 364 g/mol. The maximum Gasteiger partial charge on any atom is 4.00 e. The predicted octanol–water partition coefficient (Wildman–Crippen LogP) is -3.01. The number of hydrogen-bond donors (Lipinski definition) is 0. The summed E-state index contributed by atoms with van der Waals surface area (Å²) >= 11 is 0. The van der Waals surface area contributed by atoms with E-state index in [1.165, 1.54) is 16.1 Å². The Morgan fingerprint density at radius 1 is 0.923 bits per heavy atom. The van der Waals surface area contributed by atoms with Gasteiger partial charge >= 0.3 is 26.2 Å². The van der Waals surface area contributed by atoms with E-state index in [1.807, 2.05) is 11.6 Å². The van der Waals surface area contributed by atoms with Crippen molar-refractivity contribution in [1.82, 2.24) is 9.49 Å². The number of aromatic nitrogens is 2. The van der Waals surface area contributed by atoms with E-state index >= 15 is 0 Å². The van der Waals surface area contributed by atoms with Crippen LogP contribution in [0.2, 0.25) is 0 Å². The molecule has 0 saturated carbocycles. The van der Waals surface area contributed by atoms with Crippen LogP contribution in [-0.4, -0.2) is 9.49 Å². The first-order valence-corrected chi connectivity index (χ1v) is 7.98. The number of nitrogens with zero attached hydrogens (tertiary/aromatic N) is 2. The van der Waals surface area contributed by atoms with Gasteiger partial charge in [0.25, 0.3) is 0 Å². The molecule has 0 radical (unpaired) electrons. The SMILES string of the molecule is [Cl-].[Cl-].[Zr+4].[c-]1c[pH]pn1.[c-]1c[pH]pn1. The number of halogens is 2. The second-order valence-corrected chi connectivity index (χ2v) is 5.85. The van der Waals surface area contributed by atoms with Crippen molar-refractivity contribution in [3.63, 3.8) is 0 Å². The van der Waals surface area contributed by atoms with Gasteiger partial charge in [0.1, 0.15) is 0 Å². The van der Waals surface area contributed by atoms with Crippen molar-refractivity contribution >= 4 is 31.8 Å². The summed E-state index contributed by atoms with van der Waals surface area (Å²) in [6.45, 7) is 0. The molecule has 0 aromatic carbocycles. The van der Waals surface area contributed by atoms with Gasteiger partial charge in [-0.3, -0.25) is 0 Å². The Labute approximate surface area is 115 Å². The van der Waals surface area contributed by atoms with Crippen molar-refractivity contribution in [2.75, 3.05) is 0 Å². The molecular weight excluding hydrogens is 362 g/mol. The van der Waals surface area contributed by atoms with Crippen molar-refractivity contribution in [1.29, 1.82) is 0 Å². The minimum absolute atomic E-state index is 0. The molecule has 0 saturated heterocycles. The molecule has 2 unspecified atom stereocenters. The van der Waals surface area contributed by atoms with Gasteiger partial charge in [0.15, 0.2) is 0 Å². The number of rotatable bonds is 0. The van der Waals surface area contributed by atoms with Crippen LogP contribution in [0.1, 0.15) is 0 Å². The van der Waals surface area contributed by atoms with Gasteiger partial charge in [-0.05, 0) is 0 Å². The first-order chi connectivity index (χ1) is 5.00. The van der Waals surface area contributed by atoms with Crippen LogP contribution in [0, 0.1) is 12.4 Å². The molecule has 0 N–H and O–H groups in total. The minimum Gasteiger partial charge on any atom is -1.00 e. The van der Waals surface area contributed by atoms with Gasteiger partial charge in [-0.25, -0.2) is 11.6 Å². The Kier molecular flexibility index (Phi) is 25.1. The Balaban J connectivity index is -0.000000125. The molecule has 0 bridgehead atoms. The molecule has 0 spiro atoms. The van der Waals surface area contributed by atoms with Crippen molar-refractivity contribution < 1.29 is 51.0 Å². The average molecular weight is 366 g/mol. The fourth-order valence-electron chi connectivity index (χ4n) is 0.289. The quantitative estimate of drug-likeness (QED) is 0.465. The summed E-state index contributed by atoms with van der Waals surface area (Å²) in [7, 11) is 4.11. The normalized spacial score (nSPS) is 8.62. The van der Waals surface area contributed by atoms with Crippen LogP contribution in [0.3, 0.4) is 0 Å². The summed E-state index contributed by atoms with van der Waals surface area (Å²) in [6.07, 6.45) is 5.44. The summed E-state index contributed by atoms with van der Waals surface area (Å²) in [5.74, 6) is 3.92. The van der Waals surface area contributed by atoms with Gasteiger partial charge in [0, 0.05) is 16.1 Å². The predicted molar refractivity (Wildman–Crippen MR) is 50.2 cm³/mol. The maximum absolute atomic E-state index is 3.76. The topological polar surface area (TPSA) is 25.8 Å². The first-order valence-electron chi connectivity index (χ1n) is 2.45. The van der Waals surface area contributed by atoms with E-state index in [0.29, 0.717) is 0 Å². The maximum atomic E-state index is 3.76. The van der Waals surface area contributed by atoms with Gasteiger partial charge < -0.3 is 46.7 Å². The van der Waals surface area contributed by atoms with Gasteiger partial charge in [-0.15, -0.1) is 15.7 Å². The van der Waals surface area contributed by atoms with Crippen LogP contribution in [-0.2, 0) is 26.2 Å². The summed E-state index contributed by atoms with van der Waals surface area (Å²) in [6, 6.07) is 0. The van der Waals surface area contributed by atoms with Crippen LogP contribution in [0.15, 0.2) is 11.6 Å². The van der Waals surface area contributed by atoms with Crippen molar-refractivity contribution in [2.24, 2.45) is 0 Å². The average Bonchev–Trinajstić information content (AvgIpc) is 2.67. The first kappa shape index (κ1) is 20.2. The molecular formula is C4H4Cl2N2P4Zr. The molecule has 2 rings (SSSR count). The Morgan fingerprint density at radius 2 is 1.31 bits per heavy atom. The van der Waals surface area contributed by atoms with Gasteiger partial charge in [0.05, 0.1) is 0 Å². The molecule has 13 heavy (non-hydrogen) atoms. The van der Waals surface area contributed by atoms with Crippen molar-refractivity contribution in [2.45, 2.75) is 0 Å². The van der Waals surface area contributed by atoms with Crippen LogP contribution < -0.4 is 24.8 Å². The molecule has 2 nitrogen and oxygen atoms in total. The molecule has 2 atom stereocenters. The van der Waals surface area contributed by atoms with Gasteiger partial charge in [-0.1, -0.05) is 0 Å². The van der Waals surface area contributed by atoms with Crippen LogP contribution in [0.5, 0.6) is 0 Å². The fraction of sp³-hybridized carbons (Fsp3) is 0. The van der Waals surface area contributed by atoms with E-state index in [4.69, 9.17) is 0 Å². The third kappa shape index (κ3) is 13.7. The third-order valence-electron chi connectivity index (χ3n) is 0.589. The van der Waals surface area contributed by atoms with E-state index in [-0.39, 0.29) is 51.0 Å². The summed E-state index contributed by atoms with van der Waals surface area (Å²) in [4.78, 5) is 0. The molecule has 2 aromatic rings. The Morgan fingerprint density at radius 3 is 1.38 bits per heavy atom. The van der Waals surface area contributed by atoms with Crippen LogP contribution in [0.4, 0.5) is 0 Å². The molecule has 0 fully saturated rings. The van der Waals surface area contributed by atoms with E-state index in [2.05, 4.69) is 21.9 Å². The molecule has 0 aliphatic heterocycles. The Bertz CT molecular complexity index is 167. The second kappa shape index (κ2) is 16.2. The zero-order valence-electron chi connectivity index (χ0n) is 6.20. The molecule has 2 heterocycles. The van der Waals surface area contributed by atoms with E-state index in [1.54, 1.807) is 0 Å². The molecule has 0 aliphatic carbocycles. The molecule has 2 aromatic heterocycles. The Hall–Kier alpha value is 1.74. The molecule has 0 amide bonds. The summed E-state index contributed by atoms with van der Waals surface area (Å²) in [5, 5.41) is 0. The van der Waals surface area contributed by atoms with Crippen LogP contribution >= 0.6 is 31.8 Å². The standard InChI is InChI=1S/2C2H2NP2.2ClH.Zr/c2*1-2-4-5-3-1;;;/h2*2,4H;2*1H;/q2*-1;;;+4/p-2. The smallest absolute Gasteiger partial charge is 1.00 e. The van der Waals surface area contributed by atoms with Crippen molar-refractivity contribution in [3.05, 3.63) is 24.0 Å². The molecule has 9 heteroatoms. The minimum atomic E-state index is 0. The van der Waals surface area contributed by atoms with Gasteiger partial charge in [-0.2, -0.15) is 0 Å². The summed E-state index contributed by atoms with van der Waals surface area (Å²) in [5.41, 5.74) is 0. The second-order valence-electron chi connectivity index (χ2n) is 1.21. The summed E-state index contributed by atoms with van der Waals surface area (Å²) < 4.78 is 7.52. The zero-order chi connectivity index (χ0) is 7.07. The largest absolute Gasteiger partial charge is 4.00 e. The van der Waals surface area contributed by atoms with Gasteiger partial charge in [0.2, 0.25) is 0 Å². The van der Waals surface area contributed by atoms with Crippen molar-refractivity contribution in [3.8, 4) is 0 Å². The zero-order valence-corrected chi connectivity index (χ0v) is 14.0. The third-order valence-corrected chi connectivity index (χ3v) is 3.83. The molecule has 68 valence electrons. The van der Waals surface area contributed by atoms with E-state index in [9.17, 15) is 0 Å². The molecule has 0 aliphatic rings. The fourth-order valence-corrected chi connectivity index (χ4v) is 2.60. The van der Waals surface area contributed by atoms with Crippen LogP contribution in [0.25, 0.3) is 0 Å².